The number of nitriles is 1. The minimum absolute atomic E-state index is 0.0184. The normalized spacial score (nSPS) is 11.1. The maximum Gasteiger partial charge on any atom is 0.406 e. The Hall–Kier alpha value is -1.77. The van der Waals surface area contributed by atoms with E-state index in [0.717, 1.165) is 0 Å². The van der Waals surface area contributed by atoms with Crippen molar-refractivity contribution >= 4 is 12.1 Å². The number of rotatable bonds is 4. The highest BCUT2D eigenvalue weighted by atomic mass is 16.5. The van der Waals surface area contributed by atoms with E-state index in [0.29, 0.717) is 0 Å². The van der Waals surface area contributed by atoms with Gasteiger partial charge < -0.3 is 15.2 Å². The van der Waals surface area contributed by atoms with Crippen LogP contribution >= 0.6 is 0 Å². The summed E-state index contributed by atoms with van der Waals surface area (Å²) in [6.45, 7) is -0.0184. The van der Waals surface area contributed by atoms with Gasteiger partial charge in [-0.15, -0.1) is 0 Å². The van der Waals surface area contributed by atoms with Gasteiger partial charge in [-0.3, -0.25) is 4.79 Å². The molecule has 0 spiro atoms. The van der Waals surface area contributed by atoms with Crippen molar-refractivity contribution in [1.82, 2.24) is 5.32 Å². The van der Waals surface area contributed by atoms with E-state index in [4.69, 9.17) is 10.4 Å². The summed E-state index contributed by atoms with van der Waals surface area (Å²) >= 11 is 0. The lowest BCUT2D eigenvalue weighted by Crippen LogP contribution is -2.29. The van der Waals surface area contributed by atoms with Crippen LogP contribution in [0.3, 0.4) is 0 Å². The summed E-state index contributed by atoms with van der Waals surface area (Å²) in [7, 11) is 1.19. The molecule has 0 aromatic carbocycles. The zero-order valence-electron chi connectivity index (χ0n) is 7.11. The number of nitrogens with one attached hydrogen (secondary N) is 1. The van der Waals surface area contributed by atoms with Crippen LogP contribution in [0.15, 0.2) is 0 Å². The van der Waals surface area contributed by atoms with Gasteiger partial charge in [-0.2, -0.15) is 5.26 Å². The maximum atomic E-state index is 10.5. The maximum absolute atomic E-state index is 10.5. The predicted molar refractivity (Wildman–Crippen MR) is 41.8 cm³/mol. The van der Waals surface area contributed by atoms with Crippen LogP contribution < -0.4 is 5.32 Å². The third-order valence-corrected chi connectivity index (χ3v) is 1.28. The fourth-order valence-electron chi connectivity index (χ4n) is 0.653. The number of methoxy groups -OCH3 is 1. The van der Waals surface area contributed by atoms with Crippen LogP contribution in [0.1, 0.15) is 6.42 Å². The molecule has 0 heterocycles. The van der Waals surface area contributed by atoms with Crippen molar-refractivity contribution in [3.8, 4) is 6.07 Å². The SMILES string of the molecule is COC(=O)NCC(C#N)CC(=O)O. The molecule has 1 unspecified atom stereocenters. The Labute approximate surface area is 75.1 Å². The standard InChI is InChI=1S/C7H10N2O4/c1-13-7(12)9-4-5(3-8)2-6(10)11/h5H,2,4H2,1H3,(H,9,12)(H,10,11). The number of carbonyl (C=O) groups is 2. The molecule has 72 valence electrons. The topological polar surface area (TPSA) is 99.4 Å². The number of carboxylic acid groups (broad SMARTS) is 1. The Balaban J connectivity index is 3.80. The van der Waals surface area contributed by atoms with E-state index < -0.39 is 18.0 Å². The summed E-state index contributed by atoms with van der Waals surface area (Å²) in [6, 6.07) is 1.76. The van der Waals surface area contributed by atoms with Crippen molar-refractivity contribution < 1.29 is 19.4 Å². The van der Waals surface area contributed by atoms with Gasteiger partial charge in [0.2, 0.25) is 0 Å². The summed E-state index contributed by atoms with van der Waals surface area (Å²) in [4.78, 5) is 20.7. The van der Waals surface area contributed by atoms with Gasteiger partial charge in [0.05, 0.1) is 25.5 Å². The third-order valence-electron chi connectivity index (χ3n) is 1.28. The Morgan fingerprint density at radius 1 is 1.69 bits per heavy atom. The number of nitrogens with zero attached hydrogens (tertiary/aromatic N) is 1. The highest BCUT2D eigenvalue weighted by molar-refractivity contribution is 5.68. The average Bonchev–Trinajstić information content (AvgIpc) is 2.10. The van der Waals surface area contributed by atoms with Crippen LogP contribution in [-0.2, 0) is 9.53 Å². The van der Waals surface area contributed by atoms with Crippen molar-refractivity contribution in [1.29, 1.82) is 5.26 Å². The largest absolute Gasteiger partial charge is 0.481 e. The van der Waals surface area contributed by atoms with Crippen LogP contribution in [0.2, 0.25) is 0 Å². The number of alkyl carbamates (subject to hydrolysis) is 1. The fourth-order valence-corrected chi connectivity index (χ4v) is 0.653. The Kier molecular flexibility index (Phi) is 5.03. The lowest BCUT2D eigenvalue weighted by atomic mass is 10.1. The van der Waals surface area contributed by atoms with Gasteiger partial charge in [0.15, 0.2) is 0 Å². The zero-order valence-corrected chi connectivity index (χ0v) is 7.11. The molecule has 0 aliphatic heterocycles. The summed E-state index contributed by atoms with van der Waals surface area (Å²) in [5.41, 5.74) is 0. The van der Waals surface area contributed by atoms with E-state index in [1.54, 1.807) is 6.07 Å². The number of carbonyl (C=O) groups excluding carboxylic acids is 1. The molecule has 13 heavy (non-hydrogen) atoms. The number of hydrogen-bond acceptors (Lipinski definition) is 4. The molecule has 6 heteroatoms. The molecule has 0 fully saturated rings. The lowest BCUT2D eigenvalue weighted by molar-refractivity contribution is -0.137. The Morgan fingerprint density at radius 2 is 2.31 bits per heavy atom. The summed E-state index contributed by atoms with van der Waals surface area (Å²) in [5.74, 6) is -1.80. The van der Waals surface area contributed by atoms with Gasteiger partial charge >= 0.3 is 12.1 Å². The van der Waals surface area contributed by atoms with E-state index >= 15 is 0 Å². The van der Waals surface area contributed by atoms with Crippen molar-refractivity contribution in [2.24, 2.45) is 5.92 Å². The smallest absolute Gasteiger partial charge is 0.406 e. The van der Waals surface area contributed by atoms with Gasteiger partial charge in [0, 0.05) is 6.54 Å². The molecule has 0 radical (unpaired) electrons. The minimum atomic E-state index is -1.07. The second-order valence-corrected chi connectivity index (χ2v) is 2.30. The van der Waals surface area contributed by atoms with Crippen LogP contribution in [0.5, 0.6) is 0 Å². The van der Waals surface area contributed by atoms with Crippen molar-refractivity contribution in [3.05, 3.63) is 0 Å². The summed E-state index contributed by atoms with van der Waals surface area (Å²) in [5, 5.41) is 19.0. The van der Waals surface area contributed by atoms with E-state index in [1.807, 2.05) is 0 Å². The van der Waals surface area contributed by atoms with Crippen molar-refractivity contribution in [2.45, 2.75) is 6.42 Å². The first-order chi connectivity index (χ1) is 6.10. The number of carboxylic acids is 1. The first-order valence-electron chi connectivity index (χ1n) is 3.53. The Morgan fingerprint density at radius 3 is 2.69 bits per heavy atom. The van der Waals surface area contributed by atoms with Crippen LogP contribution in [-0.4, -0.2) is 30.8 Å². The molecule has 0 aromatic rings. The molecule has 0 aromatic heterocycles. The molecule has 0 saturated heterocycles. The molecule has 0 bridgehead atoms. The van der Waals surface area contributed by atoms with Gasteiger partial charge in [-0.25, -0.2) is 4.79 Å². The molecule has 6 nitrogen and oxygen atoms in total. The Bertz CT molecular complexity index is 233. The molecular weight excluding hydrogens is 176 g/mol. The van der Waals surface area contributed by atoms with Crippen LogP contribution in [0.25, 0.3) is 0 Å². The van der Waals surface area contributed by atoms with E-state index in [1.165, 1.54) is 7.11 Å². The van der Waals surface area contributed by atoms with Gasteiger partial charge in [-0.1, -0.05) is 0 Å². The fraction of sp³-hybridized carbons (Fsp3) is 0.571. The average molecular weight is 186 g/mol. The highest BCUT2D eigenvalue weighted by Crippen LogP contribution is 1.99. The number of amides is 1. The summed E-state index contributed by atoms with van der Waals surface area (Å²) < 4.78 is 4.24. The highest BCUT2D eigenvalue weighted by Gasteiger charge is 2.13. The van der Waals surface area contributed by atoms with Crippen LogP contribution in [0.4, 0.5) is 4.79 Å². The van der Waals surface area contributed by atoms with Gasteiger partial charge in [0.25, 0.3) is 0 Å². The quantitative estimate of drug-likeness (QED) is 0.641. The molecular formula is C7H10N2O4. The first kappa shape index (κ1) is 11.2. The number of aliphatic carboxylic acids is 1. The second-order valence-electron chi connectivity index (χ2n) is 2.30. The number of ether oxygens (including phenoxy) is 1. The molecule has 0 rings (SSSR count). The second kappa shape index (κ2) is 5.83. The molecule has 0 saturated carbocycles. The molecule has 1 atom stereocenters. The third kappa shape index (κ3) is 5.49. The molecule has 2 N–H and O–H groups in total. The van der Waals surface area contributed by atoms with E-state index in [2.05, 4.69) is 10.1 Å². The first-order valence-corrected chi connectivity index (χ1v) is 3.53. The van der Waals surface area contributed by atoms with E-state index in [9.17, 15) is 9.59 Å². The molecule has 1 amide bonds. The van der Waals surface area contributed by atoms with Crippen LogP contribution in [0, 0.1) is 17.2 Å². The molecule has 0 aliphatic rings. The van der Waals surface area contributed by atoms with Gasteiger partial charge in [-0.05, 0) is 0 Å². The molecule has 0 aliphatic carbocycles. The predicted octanol–water partition coefficient (Wildman–Crippen LogP) is -0.0431. The summed E-state index contributed by atoms with van der Waals surface area (Å²) in [6.07, 6.45) is -0.967. The van der Waals surface area contributed by atoms with Gasteiger partial charge in [0.1, 0.15) is 0 Å². The monoisotopic (exact) mass is 186 g/mol. The van der Waals surface area contributed by atoms with Crippen molar-refractivity contribution in [3.63, 3.8) is 0 Å². The zero-order chi connectivity index (χ0) is 10.3. The lowest BCUT2D eigenvalue weighted by Gasteiger charge is -2.06. The number of hydrogen-bond donors (Lipinski definition) is 2. The van der Waals surface area contributed by atoms with Crippen molar-refractivity contribution in [2.75, 3.05) is 13.7 Å². The minimum Gasteiger partial charge on any atom is -0.481 e. The van der Waals surface area contributed by atoms with E-state index in [-0.39, 0.29) is 13.0 Å².